The average molecular weight is 357 g/mol. The van der Waals surface area contributed by atoms with Gasteiger partial charge in [-0.25, -0.2) is 0 Å². The molecule has 1 unspecified atom stereocenters. The van der Waals surface area contributed by atoms with E-state index in [2.05, 4.69) is 12.1 Å². The molecule has 1 saturated carbocycles. The Hall–Kier alpha value is -1.88. The first-order valence-corrected chi connectivity index (χ1v) is 9.81. The standard InChI is InChI=1S/C21H27NO4/c23-19(24)17-9-14-26-18(17)15-7-12-22(13-8-15)20(25)21(10-4-11-21)16-5-2-1-3-6-16/h1-3,5-6,15,17-18H,4,7-14H2,(H,23,24)/t17?,18-/m0/s1. The number of amides is 1. The van der Waals surface area contributed by atoms with Crippen LogP contribution in [0.15, 0.2) is 30.3 Å². The van der Waals surface area contributed by atoms with Gasteiger partial charge < -0.3 is 14.7 Å². The zero-order chi connectivity index (χ0) is 18.1. The quantitative estimate of drug-likeness (QED) is 0.900. The molecule has 3 fully saturated rings. The van der Waals surface area contributed by atoms with Crippen molar-refractivity contribution in [1.82, 2.24) is 4.90 Å². The van der Waals surface area contributed by atoms with Gasteiger partial charge in [0.15, 0.2) is 0 Å². The first-order chi connectivity index (χ1) is 12.6. The van der Waals surface area contributed by atoms with E-state index in [-0.39, 0.29) is 29.3 Å². The number of likely N-dealkylation sites (tertiary alicyclic amines) is 1. The van der Waals surface area contributed by atoms with Gasteiger partial charge >= 0.3 is 5.97 Å². The molecule has 1 aromatic carbocycles. The molecule has 1 aliphatic carbocycles. The van der Waals surface area contributed by atoms with Crippen molar-refractivity contribution in [2.24, 2.45) is 11.8 Å². The van der Waals surface area contributed by atoms with E-state index >= 15 is 0 Å². The van der Waals surface area contributed by atoms with E-state index in [0.29, 0.717) is 26.1 Å². The summed E-state index contributed by atoms with van der Waals surface area (Å²) in [6, 6.07) is 10.2. The highest BCUT2D eigenvalue weighted by Crippen LogP contribution is 2.46. The summed E-state index contributed by atoms with van der Waals surface area (Å²) in [5, 5.41) is 9.38. The lowest BCUT2D eigenvalue weighted by Crippen LogP contribution is -2.53. The second-order valence-corrected chi connectivity index (χ2v) is 8.00. The van der Waals surface area contributed by atoms with Crippen LogP contribution in [0.25, 0.3) is 0 Å². The molecule has 0 radical (unpaired) electrons. The largest absolute Gasteiger partial charge is 0.481 e. The molecule has 2 saturated heterocycles. The van der Waals surface area contributed by atoms with Gasteiger partial charge in [-0.3, -0.25) is 9.59 Å². The van der Waals surface area contributed by atoms with Gasteiger partial charge in [-0.05, 0) is 43.6 Å². The molecule has 5 heteroatoms. The predicted octanol–water partition coefficient (Wildman–Crippen LogP) is 2.84. The summed E-state index contributed by atoms with van der Waals surface area (Å²) >= 11 is 0. The smallest absolute Gasteiger partial charge is 0.309 e. The molecule has 2 heterocycles. The molecule has 0 bridgehead atoms. The fraction of sp³-hybridized carbons (Fsp3) is 0.619. The topological polar surface area (TPSA) is 66.8 Å². The number of carboxylic acid groups (broad SMARTS) is 1. The average Bonchev–Trinajstić information content (AvgIpc) is 3.12. The van der Waals surface area contributed by atoms with Crippen LogP contribution >= 0.6 is 0 Å². The molecule has 0 spiro atoms. The Labute approximate surface area is 154 Å². The van der Waals surface area contributed by atoms with Gasteiger partial charge in [-0.2, -0.15) is 0 Å². The Bertz CT molecular complexity index is 662. The molecular formula is C21H27NO4. The maximum atomic E-state index is 13.3. The summed E-state index contributed by atoms with van der Waals surface area (Å²) in [5.74, 6) is -0.625. The first kappa shape index (κ1) is 17.5. The number of hydrogen-bond acceptors (Lipinski definition) is 3. The van der Waals surface area contributed by atoms with E-state index in [1.165, 1.54) is 0 Å². The molecular weight excluding hydrogens is 330 g/mol. The van der Waals surface area contributed by atoms with Crippen LogP contribution in [0.1, 0.15) is 44.1 Å². The van der Waals surface area contributed by atoms with Crippen LogP contribution in [-0.2, 0) is 19.7 Å². The summed E-state index contributed by atoms with van der Waals surface area (Å²) in [7, 11) is 0. The van der Waals surface area contributed by atoms with Gasteiger partial charge in [0.1, 0.15) is 0 Å². The summed E-state index contributed by atoms with van der Waals surface area (Å²) in [6.07, 6.45) is 5.07. The summed E-state index contributed by atoms with van der Waals surface area (Å²) in [4.78, 5) is 26.7. The molecule has 26 heavy (non-hydrogen) atoms. The molecule has 0 aromatic heterocycles. The van der Waals surface area contributed by atoms with Gasteiger partial charge in [0.2, 0.25) is 5.91 Å². The normalized spacial score (nSPS) is 28.5. The third-order valence-electron chi connectivity index (χ3n) is 6.69. The lowest BCUT2D eigenvalue weighted by atomic mass is 9.63. The van der Waals surface area contributed by atoms with Crippen LogP contribution < -0.4 is 0 Å². The monoisotopic (exact) mass is 357 g/mol. The van der Waals surface area contributed by atoms with E-state index in [0.717, 1.165) is 37.7 Å². The van der Waals surface area contributed by atoms with Crippen LogP contribution in [0.3, 0.4) is 0 Å². The minimum atomic E-state index is -0.747. The molecule has 1 N–H and O–H groups in total. The molecule has 5 nitrogen and oxygen atoms in total. The molecule has 2 atom stereocenters. The van der Waals surface area contributed by atoms with Crippen molar-refractivity contribution < 1.29 is 19.4 Å². The fourth-order valence-corrected chi connectivity index (χ4v) is 4.99. The molecule has 1 aromatic rings. The highest BCUT2D eigenvalue weighted by molar-refractivity contribution is 5.89. The second-order valence-electron chi connectivity index (χ2n) is 8.00. The van der Waals surface area contributed by atoms with Gasteiger partial charge in [0.25, 0.3) is 0 Å². The highest BCUT2D eigenvalue weighted by atomic mass is 16.5. The second kappa shape index (κ2) is 7.03. The van der Waals surface area contributed by atoms with Gasteiger partial charge in [-0.1, -0.05) is 36.8 Å². The van der Waals surface area contributed by atoms with E-state index in [1.807, 2.05) is 23.1 Å². The Morgan fingerprint density at radius 1 is 1.08 bits per heavy atom. The van der Waals surface area contributed by atoms with Gasteiger partial charge in [0, 0.05) is 19.7 Å². The molecule has 140 valence electrons. The van der Waals surface area contributed by atoms with Gasteiger partial charge in [0.05, 0.1) is 17.4 Å². The molecule has 3 aliphatic rings. The van der Waals surface area contributed by atoms with Crippen LogP contribution in [0.4, 0.5) is 0 Å². The zero-order valence-corrected chi connectivity index (χ0v) is 15.1. The van der Waals surface area contributed by atoms with E-state index in [9.17, 15) is 14.7 Å². The maximum Gasteiger partial charge on any atom is 0.309 e. The molecule has 4 rings (SSSR count). The number of carboxylic acids is 1. The summed E-state index contributed by atoms with van der Waals surface area (Å²) < 4.78 is 5.75. The number of aliphatic carboxylic acids is 1. The van der Waals surface area contributed by atoms with Crippen molar-refractivity contribution >= 4 is 11.9 Å². The number of rotatable bonds is 4. The molecule has 2 aliphatic heterocycles. The Kier molecular flexibility index (Phi) is 4.74. The van der Waals surface area contributed by atoms with Crippen LogP contribution in [0.2, 0.25) is 0 Å². The predicted molar refractivity (Wildman–Crippen MR) is 96.8 cm³/mol. The van der Waals surface area contributed by atoms with Crippen molar-refractivity contribution in [2.45, 2.75) is 50.0 Å². The third kappa shape index (κ3) is 2.92. The minimum absolute atomic E-state index is 0.184. The number of benzene rings is 1. The van der Waals surface area contributed by atoms with E-state index < -0.39 is 5.97 Å². The number of piperidine rings is 1. The summed E-state index contributed by atoms with van der Waals surface area (Å²) in [6.45, 7) is 1.96. The van der Waals surface area contributed by atoms with Crippen molar-refractivity contribution in [1.29, 1.82) is 0 Å². The number of ether oxygens (including phenoxy) is 1. The van der Waals surface area contributed by atoms with Crippen LogP contribution in [0.5, 0.6) is 0 Å². The van der Waals surface area contributed by atoms with Crippen LogP contribution in [0, 0.1) is 11.8 Å². The lowest BCUT2D eigenvalue weighted by molar-refractivity contribution is -0.147. The van der Waals surface area contributed by atoms with Crippen molar-refractivity contribution in [3.8, 4) is 0 Å². The SMILES string of the molecule is O=C(O)C1CCO[C@H]1C1CCN(C(=O)C2(c3ccccc3)CCC2)CC1. The first-order valence-electron chi connectivity index (χ1n) is 9.81. The Balaban J connectivity index is 1.42. The van der Waals surface area contributed by atoms with Crippen LogP contribution in [-0.4, -0.2) is 47.7 Å². The van der Waals surface area contributed by atoms with Crippen molar-refractivity contribution in [3.63, 3.8) is 0 Å². The zero-order valence-electron chi connectivity index (χ0n) is 15.1. The fourth-order valence-electron chi connectivity index (χ4n) is 4.99. The highest BCUT2D eigenvalue weighted by Gasteiger charge is 2.48. The van der Waals surface area contributed by atoms with Crippen molar-refractivity contribution in [2.75, 3.05) is 19.7 Å². The van der Waals surface area contributed by atoms with Crippen molar-refractivity contribution in [3.05, 3.63) is 35.9 Å². The Morgan fingerprint density at radius 2 is 1.77 bits per heavy atom. The summed E-state index contributed by atoms with van der Waals surface area (Å²) in [5.41, 5.74) is 0.810. The number of carbonyl (C=O) groups is 2. The third-order valence-corrected chi connectivity index (χ3v) is 6.69. The lowest BCUT2D eigenvalue weighted by Gasteiger charge is -2.46. The minimum Gasteiger partial charge on any atom is -0.481 e. The van der Waals surface area contributed by atoms with E-state index in [1.54, 1.807) is 0 Å². The number of hydrogen-bond donors (Lipinski definition) is 1. The van der Waals surface area contributed by atoms with Gasteiger partial charge in [-0.15, -0.1) is 0 Å². The number of nitrogens with zero attached hydrogens (tertiary/aromatic N) is 1. The molecule has 1 amide bonds. The Morgan fingerprint density at radius 3 is 2.35 bits per heavy atom. The number of carbonyl (C=O) groups excluding carboxylic acids is 1. The van der Waals surface area contributed by atoms with E-state index in [4.69, 9.17) is 4.74 Å². The maximum absolute atomic E-state index is 13.3.